The van der Waals surface area contributed by atoms with Crippen molar-refractivity contribution in [3.8, 4) is 0 Å². The molecule has 2 heterocycles. The van der Waals surface area contributed by atoms with Gasteiger partial charge in [-0.25, -0.2) is 0 Å². The van der Waals surface area contributed by atoms with E-state index in [1.807, 2.05) is 0 Å². The van der Waals surface area contributed by atoms with Crippen LogP contribution in [0.15, 0.2) is 0 Å². The van der Waals surface area contributed by atoms with Crippen molar-refractivity contribution < 1.29 is 4.79 Å². The third-order valence-electron chi connectivity index (χ3n) is 4.79. The lowest BCUT2D eigenvalue weighted by molar-refractivity contribution is -0.131. The lowest BCUT2D eigenvalue weighted by atomic mass is 9.96. The van der Waals surface area contributed by atoms with E-state index in [1.54, 1.807) is 0 Å². The minimum absolute atomic E-state index is 0.0543. The van der Waals surface area contributed by atoms with Crippen LogP contribution in [0.4, 0.5) is 0 Å². The normalized spacial score (nSPS) is 29.6. The first-order chi connectivity index (χ1) is 9.52. The van der Waals surface area contributed by atoms with E-state index in [2.05, 4.69) is 42.9 Å². The standard InChI is InChI=1S/C16H31N3O/c1-5-6-14-16(20)19(15(17-14)12(2)3)11-13-7-9-18(4)10-8-13/h12-15,17H,5-11H2,1-4H3. The molecule has 20 heavy (non-hydrogen) atoms. The summed E-state index contributed by atoms with van der Waals surface area (Å²) in [6.45, 7) is 9.86. The van der Waals surface area contributed by atoms with Crippen LogP contribution in [0.2, 0.25) is 0 Å². The smallest absolute Gasteiger partial charge is 0.241 e. The molecule has 2 aliphatic heterocycles. The Kier molecular flexibility index (Phi) is 5.44. The number of amides is 1. The molecule has 2 aliphatic rings. The van der Waals surface area contributed by atoms with Crippen molar-refractivity contribution in [2.24, 2.45) is 11.8 Å². The van der Waals surface area contributed by atoms with Gasteiger partial charge in [-0.3, -0.25) is 10.1 Å². The van der Waals surface area contributed by atoms with Crippen molar-refractivity contribution in [1.29, 1.82) is 0 Å². The molecule has 1 N–H and O–H groups in total. The molecular formula is C16H31N3O. The molecular weight excluding hydrogens is 250 g/mol. The van der Waals surface area contributed by atoms with E-state index >= 15 is 0 Å². The number of piperidine rings is 1. The van der Waals surface area contributed by atoms with E-state index in [1.165, 1.54) is 25.9 Å². The summed E-state index contributed by atoms with van der Waals surface area (Å²) in [7, 11) is 2.19. The van der Waals surface area contributed by atoms with E-state index in [0.717, 1.165) is 19.4 Å². The maximum Gasteiger partial charge on any atom is 0.241 e. The predicted molar refractivity (Wildman–Crippen MR) is 82.4 cm³/mol. The molecule has 0 radical (unpaired) electrons. The van der Waals surface area contributed by atoms with E-state index in [-0.39, 0.29) is 12.2 Å². The van der Waals surface area contributed by atoms with Crippen LogP contribution in [-0.4, -0.2) is 54.6 Å². The summed E-state index contributed by atoms with van der Waals surface area (Å²) in [5, 5.41) is 3.56. The van der Waals surface area contributed by atoms with Crippen molar-refractivity contribution in [3.63, 3.8) is 0 Å². The molecule has 116 valence electrons. The zero-order valence-corrected chi connectivity index (χ0v) is 13.6. The molecule has 0 aromatic rings. The number of likely N-dealkylation sites (tertiary alicyclic amines) is 1. The molecule has 0 aromatic carbocycles. The van der Waals surface area contributed by atoms with Gasteiger partial charge in [0, 0.05) is 6.54 Å². The summed E-state index contributed by atoms with van der Waals surface area (Å²) in [5.41, 5.74) is 0. The summed E-state index contributed by atoms with van der Waals surface area (Å²) < 4.78 is 0. The van der Waals surface area contributed by atoms with Crippen molar-refractivity contribution in [1.82, 2.24) is 15.1 Å². The molecule has 0 aromatic heterocycles. The van der Waals surface area contributed by atoms with Crippen LogP contribution < -0.4 is 5.32 Å². The highest BCUT2D eigenvalue weighted by atomic mass is 16.2. The Hall–Kier alpha value is -0.610. The maximum absolute atomic E-state index is 12.6. The van der Waals surface area contributed by atoms with Crippen LogP contribution in [-0.2, 0) is 4.79 Å². The van der Waals surface area contributed by atoms with Gasteiger partial charge in [0.1, 0.15) is 0 Å². The first-order valence-electron chi connectivity index (χ1n) is 8.28. The molecule has 0 aliphatic carbocycles. The number of carbonyl (C=O) groups excluding carboxylic acids is 1. The molecule has 4 heteroatoms. The maximum atomic E-state index is 12.6. The number of rotatable bonds is 5. The molecule has 2 fully saturated rings. The van der Waals surface area contributed by atoms with Gasteiger partial charge < -0.3 is 9.80 Å². The van der Waals surface area contributed by atoms with Crippen molar-refractivity contribution in [2.75, 3.05) is 26.7 Å². The lowest BCUT2D eigenvalue weighted by Gasteiger charge is -2.34. The predicted octanol–water partition coefficient (Wildman–Crippen LogP) is 1.91. The molecule has 4 nitrogen and oxygen atoms in total. The van der Waals surface area contributed by atoms with Gasteiger partial charge in [0.05, 0.1) is 12.2 Å². The van der Waals surface area contributed by atoms with Crippen molar-refractivity contribution >= 4 is 5.91 Å². The van der Waals surface area contributed by atoms with Crippen molar-refractivity contribution in [3.05, 3.63) is 0 Å². The summed E-state index contributed by atoms with van der Waals surface area (Å²) >= 11 is 0. The molecule has 2 atom stereocenters. The van der Waals surface area contributed by atoms with Gasteiger partial charge in [0.15, 0.2) is 0 Å². The Bertz CT molecular complexity index is 324. The monoisotopic (exact) mass is 281 g/mol. The van der Waals surface area contributed by atoms with Crippen LogP contribution in [0.5, 0.6) is 0 Å². The van der Waals surface area contributed by atoms with Gasteiger partial charge in [0.25, 0.3) is 0 Å². The topological polar surface area (TPSA) is 35.6 Å². The van der Waals surface area contributed by atoms with Gasteiger partial charge in [-0.15, -0.1) is 0 Å². The Morgan fingerprint density at radius 3 is 2.50 bits per heavy atom. The largest absolute Gasteiger partial charge is 0.325 e. The summed E-state index contributed by atoms with van der Waals surface area (Å²) in [4.78, 5) is 17.1. The Morgan fingerprint density at radius 2 is 1.95 bits per heavy atom. The van der Waals surface area contributed by atoms with Gasteiger partial charge in [-0.2, -0.15) is 0 Å². The second-order valence-corrected chi connectivity index (χ2v) is 6.93. The first-order valence-corrected chi connectivity index (χ1v) is 8.28. The summed E-state index contributed by atoms with van der Waals surface area (Å²) in [6.07, 6.45) is 4.72. The third kappa shape index (κ3) is 3.53. The molecule has 2 saturated heterocycles. The fourth-order valence-corrected chi connectivity index (χ4v) is 3.48. The number of nitrogens with one attached hydrogen (secondary N) is 1. The van der Waals surface area contributed by atoms with Gasteiger partial charge in [0.2, 0.25) is 5.91 Å². The second kappa shape index (κ2) is 6.90. The van der Waals surface area contributed by atoms with Crippen molar-refractivity contribution in [2.45, 2.75) is 58.7 Å². The Morgan fingerprint density at radius 1 is 1.30 bits per heavy atom. The Balaban J connectivity index is 1.97. The lowest BCUT2D eigenvalue weighted by Crippen LogP contribution is -2.45. The van der Waals surface area contributed by atoms with Crippen LogP contribution in [0.25, 0.3) is 0 Å². The number of nitrogens with zero attached hydrogens (tertiary/aromatic N) is 2. The average molecular weight is 281 g/mol. The quantitative estimate of drug-likeness (QED) is 0.836. The van der Waals surface area contributed by atoms with Gasteiger partial charge in [-0.1, -0.05) is 27.2 Å². The van der Waals surface area contributed by atoms with E-state index < -0.39 is 0 Å². The minimum atomic E-state index is 0.0543. The minimum Gasteiger partial charge on any atom is -0.325 e. The third-order valence-corrected chi connectivity index (χ3v) is 4.79. The molecule has 0 spiro atoms. The fourth-order valence-electron chi connectivity index (χ4n) is 3.48. The summed E-state index contributed by atoms with van der Waals surface area (Å²) in [5.74, 6) is 1.50. The average Bonchev–Trinajstić information content (AvgIpc) is 2.71. The number of hydrogen-bond donors (Lipinski definition) is 1. The second-order valence-electron chi connectivity index (χ2n) is 6.93. The van der Waals surface area contributed by atoms with Crippen LogP contribution in [0, 0.1) is 11.8 Å². The SMILES string of the molecule is CCCC1NC(C(C)C)N(CC2CCN(C)CC2)C1=O. The zero-order chi connectivity index (χ0) is 14.7. The molecule has 1 amide bonds. The highest BCUT2D eigenvalue weighted by Crippen LogP contribution is 2.25. The number of carbonyl (C=O) groups is 1. The van der Waals surface area contributed by atoms with E-state index in [0.29, 0.717) is 17.7 Å². The van der Waals surface area contributed by atoms with Gasteiger partial charge >= 0.3 is 0 Å². The zero-order valence-electron chi connectivity index (χ0n) is 13.6. The molecule has 0 saturated carbocycles. The van der Waals surface area contributed by atoms with Gasteiger partial charge in [-0.05, 0) is 51.2 Å². The Labute approximate surface area is 123 Å². The molecule has 2 unspecified atom stereocenters. The summed E-state index contributed by atoms with van der Waals surface area (Å²) in [6, 6.07) is 0.0543. The van der Waals surface area contributed by atoms with E-state index in [4.69, 9.17) is 0 Å². The van der Waals surface area contributed by atoms with E-state index in [9.17, 15) is 4.79 Å². The van der Waals surface area contributed by atoms with Crippen LogP contribution >= 0.6 is 0 Å². The van der Waals surface area contributed by atoms with Crippen LogP contribution in [0.1, 0.15) is 46.5 Å². The highest BCUT2D eigenvalue weighted by Gasteiger charge is 2.40. The molecule has 2 rings (SSSR count). The first kappa shape index (κ1) is 15.8. The molecule has 0 bridgehead atoms. The highest BCUT2D eigenvalue weighted by molar-refractivity contribution is 5.84. The number of hydrogen-bond acceptors (Lipinski definition) is 3. The van der Waals surface area contributed by atoms with Crippen LogP contribution in [0.3, 0.4) is 0 Å². The fraction of sp³-hybridized carbons (Fsp3) is 0.938.